The highest BCUT2D eigenvalue weighted by atomic mass is 16.5. The van der Waals surface area contributed by atoms with E-state index >= 15 is 0 Å². The first-order chi connectivity index (χ1) is 6.34. The Morgan fingerprint density at radius 1 is 1.38 bits per heavy atom. The Bertz CT molecular complexity index is 154. The van der Waals surface area contributed by atoms with E-state index < -0.39 is 0 Å². The second kappa shape index (κ2) is 6.01. The summed E-state index contributed by atoms with van der Waals surface area (Å²) in [5, 5.41) is 0. The molecule has 1 unspecified atom stereocenters. The van der Waals surface area contributed by atoms with Crippen molar-refractivity contribution in [1.82, 2.24) is 0 Å². The van der Waals surface area contributed by atoms with E-state index in [2.05, 4.69) is 6.92 Å². The molecule has 76 valence electrons. The van der Waals surface area contributed by atoms with Crippen molar-refractivity contribution in [2.75, 3.05) is 6.61 Å². The van der Waals surface area contributed by atoms with Crippen LogP contribution in [0.5, 0.6) is 0 Å². The summed E-state index contributed by atoms with van der Waals surface area (Å²) in [7, 11) is 0. The first-order valence-electron chi connectivity index (χ1n) is 5.51. The van der Waals surface area contributed by atoms with Crippen LogP contribution >= 0.6 is 0 Å². The van der Waals surface area contributed by atoms with E-state index in [-0.39, 0.29) is 11.9 Å². The molecule has 0 N–H and O–H groups in total. The van der Waals surface area contributed by atoms with E-state index in [9.17, 15) is 4.79 Å². The summed E-state index contributed by atoms with van der Waals surface area (Å²) in [5.41, 5.74) is 0. The molecule has 0 aromatic carbocycles. The summed E-state index contributed by atoms with van der Waals surface area (Å²) in [6.07, 6.45) is 7.93. The van der Waals surface area contributed by atoms with Gasteiger partial charge in [-0.2, -0.15) is 0 Å². The number of unbranched alkanes of at least 4 members (excludes halogenated alkanes) is 2. The van der Waals surface area contributed by atoms with Crippen molar-refractivity contribution < 1.29 is 9.53 Å². The molecule has 1 fully saturated rings. The maximum Gasteiger partial charge on any atom is 0.308 e. The molecule has 1 rings (SSSR count). The number of ether oxygens (including phenoxy) is 1. The predicted molar refractivity (Wildman–Crippen MR) is 52.4 cm³/mol. The van der Waals surface area contributed by atoms with Crippen LogP contribution in [-0.2, 0) is 9.53 Å². The van der Waals surface area contributed by atoms with Gasteiger partial charge in [0.2, 0.25) is 0 Å². The van der Waals surface area contributed by atoms with E-state index in [4.69, 9.17) is 4.74 Å². The van der Waals surface area contributed by atoms with Crippen LogP contribution in [-0.4, -0.2) is 12.6 Å². The van der Waals surface area contributed by atoms with Crippen LogP contribution in [0, 0.1) is 5.92 Å². The average Bonchev–Trinajstić information content (AvgIpc) is 2.32. The molecule has 0 aromatic heterocycles. The minimum absolute atomic E-state index is 0.0496. The smallest absolute Gasteiger partial charge is 0.308 e. The van der Waals surface area contributed by atoms with Crippen molar-refractivity contribution in [3.63, 3.8) is 0 Å². The van der Waals surface area contributed by atoms with Gasteiger partial charge in [-0.25, -0.2) is 0 Å². The van der Waals surface area contributed by atoms with E-state index in [0.29, 0.717) is 6.61 Å². The molecule has 0 amide bonds. The lowest BCUT2D eigenvalue weighted by molar-refractivity contribution is -0.147. The Morgan fingerprint density at radius 2 is 2.23 bits per heavy atom. The van der Waals surface area contributed by atoms with Gasteiger partial charge >= 0.3 is 5.97 Å². The zero-order valence-electron chi connectivity index (χ0n) is 8.55. The molecular weight excluding hydrogens is 164 g/mol. The van der Waals surface area contributed by atoms with Gasteiger partial charge in [-0.3, -0.25) is 4.79 Å². The lowest BCUT2D eigenvalue weighted by Crippen LogP contribution is -2.15. The SMILES string of the molecule is CCCCCC1CCCCOC1=O. The van der Waals surface area contributed by atoms with Gasteiger partial charge in [-0.1, -0.05) is 26.2 Å². The Hall–Kier alpha value is -0.530. The molecule has 2 nitrogen and oxygen atoms in total. The standard InChI is InChI=1S/C11H20O2/c1-2-3-4-7-10-8-5-6-9-13-11(10)12/h10H,2-9H2,1H3. The first kappa shape index (κ1) is 10.6. The fourth-order valence-corrected chi connectivity index (χ4v) is 1.80. The molecule has 13 heavy (non-hydrogen) atoms. The zero-order chi connectivity index (χ0) is 9.52. The van der Waals surface area contributed by atoms with Gasteiger partial charge in [0.15, 0.2) is 0 Å². The minimum Gasteiger partial charge on any atom is -0.465 e. The first-order valence-corrected chi connectivity index (χ1v) is 5.51. The second-order valence-corrected chi connectivity index (χ2v) is 3.86. The number of cyclic esters (lactones) is 1. The highest BCUT2D eigenvalue weighted by Gasteiger charge is 2.21. The summed E-state index contributed by atoms with van der Waals surface area (Å²) >= 11 is 0. The number of esters is 1. The lowest BCUT2D eigenvalue weighted by atomic mass is 9.96. The third kappa shape index (κ3) is 3.79. The monoisotopic (exact) mass is 184 g/mol. The van der Waals surface area contributed by atoms with Gasteiger partial charge in [0.05, 0.1) is 12.5 Å². The molecule has 1 saturated heterocycles. The summed E-state index contributed by atoms with van der Waals surface area (Å²) < 4.78 is 5.11. The second-order valence-electron chi connectivity index (χ2n) is 3.86. The number of carbonyl (C=O) groups is 1. The Kier molecular flexibility index (Phi) is 4.87. The fraction of sp³-hybridized carbons (Fsp3) is 0.909. The van der Waals surface area contributed by atoms with E-state index in [1.807, 2.05) is 0 Å². The zero-order valence-corrected chi connectivity index (χ0v) is 8.55. The van der Waals surface area contributed by atoms with Crippen LogP contribution in [0.15, 0.2) is 0 Å². The third-order valence-corrected chi connectivity index (χ3v) is 2.68. The molecule has 0 bridgehead atoms. The van der Waals surface area contributed by atoms with Crippen LogP contribution in [0.25, 0.3) is 0 Å². The van der Waals surface area contributed by atoms with Crippen molar-refractivity contribution >= 4 is 5.97 Å². The molecule has 2 heteroatoms. The van der Waals surface area contributed by atoms with E-state index in [0.717, 1.165) is 25.7 Å². The topological polar surface area (TPSA) is 26.3 Å². The normalized spacial score (nSPS) is 23.8. The molecule has 1 heterocycles. The fourth-order valence-electron chi connectivity index (χ4n) is 1.80. The van der Waals surface area contributed by atoms with Crippen LogP contribution < -0.4 is 0 Å². The molecule has 1 aliphatic heterocycles. The van der Waals surface area contributed by atoms with Crippen molar-refractivity contribution in [1.29, 1.82) is 0 Å². The van der Waals surface area contributed by atoms with Crippen LogP contribution in [0.1, 0.15) is 51.9 Å². The Morgan fingerprint density at radius 3 is 3.00 bits per heavy atom. The highest BCUT2D eigenvalue weighted by molar-refractivity contribution is 5.72. The molecule has 0 spiro atoms. The largest absolute Gasteiger partial charge is 0.465 e. The maximum absolute atomic E-state index is 11.4. The lowest BCUT2D eigenvalue weighted by Gasteiger charge is -2.10. The number of carbonyl (C=O) groups excluding carboxylic acids is 1. The number of rotatable bonds is 4. The highest BCUT2D eigenvalue weighted by Crippen LogP contribution is 2.21. The van der Waals surface area contributed by atoms with Gasteiger partial charge in [0.25, 0.3) is 0 Å². The maximum atomic E-state index is 11.4. The van der Waals surface area contributed by atoms with Crippen LogP contribution in [0.3, 0.4) is 0 Å². The minimum atomic E-state index is 0.0496. The van der Waals surface area contributed by atoms with Gasteiger partial charge in [0.1, 0.15) is 0 Å². The molecule has 0 radical (unpaired) electrons. The molecule has 1 atom stereocenters. The quantitative estimate of drug-likeness (QED) is 0.496. The van der Waals surface area contributed by atoms with Gasteiger partial charge in [-0.05, 0) is 25.7 Å². The summed E-state index contributed by atoms with van der Waals surface area (Å²) in [6, 6.07) is 0. The summed E-state index contributed by atoms with van der Waals surface area (Å²) in [5.74, 6) is 0.252. The average molecular weight is 184 g/mol. The molecule has 0 saturated carbocycles. The van der Waals surface area contributed by atoms with Crippen molar-refractivity contribution in [3.05, 3.63) is 0 Å². The van der Waals surface area contributed by atoms with Crippen LogP contribution in [0.2, 0.25) is 0 Å². The van der Waals surface area contributed by atoms with E-state index in [1.165, 1.54) is 19.3 Å². The van der Waals surface area contributed by atoms with Gasteiger partial charge in [0, 0.05) is 0 Å². The molecular formula is C11H20O2. The van der Waals surface area contributed by atoms with Crippen molar-refractivity contribution in [3.8, 4) is 0 Å². The Balaban J connectivity index is 2.24. The number of hydrogen-bond donors (Lipinski definition) is 0. The Labute approximate surface area is 80.7 Å². The molecule has 0 aliphatic carbocycles. The molecule has 0 aromatic rings. The molecule has 1 aliphatic rings. The summed E-state index contributed by atoms with van der Waals surface area (Å²) in [6.45, 7) is 2.83. The van der Waals surface area contributed by atoms with Crippen molar-refractivity contribution in [2.24, 2.45) is 5.92 Å². The van der Waals surface area contributed by atoms with Gasteiger partial charge < -0.3 is 4.74 Å². The van der Waals surface area contributed by atoms with Crippen molar-refractivity contribution in [2.45, 2.75) is 51.9 Å². The third-order valence-electron chi connectivity index (χ3n) is 2.68. The predicted octanol–water partition coefficient (Wildman–Crippen LogP) is 2.91. The van der Waals surface area contributed by atoms with Crippen LogP contribution in [0.4, 0.5) is 0 Å². The summed E-state index contributed by atoms with van der Waals surface area (Å²) in [4.78, 5) is 11.4. The van der Waals surface area contributed by atoms with E-state index in [1.54, 1.807) is 0 Å². The number of hydrogen-bond acceptors (Lipinski definition) is 2. The van der Waals surface area contributed by atoms with Gasteiger partial charge in [-0.15, -0.1) is 0 Å².